The van der Waals surface area contributed by atoms with Gasteiger partial charge in [-0.3, -0.25) is 20.4 Å². The first-order chi connectivity index (χ1) is 9.15. The van der Waals surface area contributed by atoms with Crippen molar-refractivity contribution in [3.8, 4) is 0 Å². The highest BCUT2D eigenvalue weighted by molar-refractivity contribution is 6.30. The summed E-state index contributed by atoms with van der Waals surface area (Å²) in [7, 11) is 0. The Morgan fingerprint density at radius 2 is 2.00 bits per heavy atom. The number of halogens is 1. The van der Waals surface area contributed by atoms with Gasteiger partial charge < -0.3 is 4.74 Å². The summed E-state index contributed by atoms with van der Waals surface area (Å²) in [4.78, 5) is 23.2. The van der Waals surface area contributed by atoms with Gasteiger partial charge in [0.1, 0.15) is 6.10 Å². The fourth-order valence-corrected chi connectivity index (χ4v) is 1.95. The molecule has 2 N–H and O–H groups in total. The highest BCUT2D eigenvalue weighted by Crippen LogP contribution is 2.11. The zero-order valence-electron chi connectivity index (χ0n) is 10.3. The minimum absolute atomic E-state index is 0.184. The quantitative estimate of drug-likeness (QED) is 0.819. The molecule has 0 unspecified atom stereocenters. The van der Waals surface area contributed by atoms with Gasteiger partial charge in [-0.25, -0.2) is 0 Å². The van der Waals surface area contributed by atoms with Gasteiger partial charge in [-0.15, -0.1) is 0 Å². The molecule has 0 saturated carbocycles. The lowest BCUT2D eigenvalue weighted by atomic mass is 10.1. The third-order valence-corrected chi connectivity index (χ3v) is 3.08. The minimum atomic E-state index is -0.448. The van der Waals surface area contributed by atoms with E-state index >= 15 is 0 Å². The Morgan fingerprint density at radius 1 is 1.26 bits per heavy atom. The maximum atomic E-state index is 11.6. The van der Waals surface area contributed by atoms with Crippen molar-refractivity contribution in [2.24, 2.45) is 0 Å². The number of carbonyl (C=O) groups excluding carboxylic acids is 2. The number of hydrazine groups is 1. The smallest absolute Gasteiger partial charge is 0.267 e. The van der Waals surface area contributed by atoms with Gasteiger partial charge in [-0.1, -0.05) is 23.7 Å². The molecule has 0 aromatic heterocycles. The van der Waals surface area contributed by atoms with Crippen molar-refractivity contribution in [1.29, 1.82) is 0 Å². The molecule has 2 rings (SSSR count). The van der Waals surface area contributed by atoms with Crippen LogP contribution in [0.15, 0.2) is 24.3 Å². The maximum Gasteiger partial charge on any atom is 0.267 e. The number of carbonyl (C=O) groups is 2. The van der Waals surface area contributed by atoms with Crippen molar-refractivity contribution in [3.05, 3.63) is 34.9 Å². The second kappa shape index (κ2) is 6.54. The van der Waals surface area contributed by atoms with E-state index in [-0.39, 0.29) is 18.2 Å². The van der Waals surface area contributed by atoms with Crippen molar-refractivity contribution < 1.29 is 14.3 Å². The lowest BCUT2D eigenvalue weighted by Crippen LogP contribution is -2.46. The second-order valence-corrected chi connectivity index (χ2v) is 4.78. The van der Waals surface area contributed by atoms with E-state index in [0.29, 0.717) is 18.1 Å². The van der Waals surface area contributed by atoms with E-state index < -0.39 is 6.10 Å². The van der Waals surface area contributed by atoms with Gasteiger partial charge in [-0.05, 0) is 30.5 Å². The molecule has 0 bridgehead atoms. The third kappa shape index (κ3) is 4.22. The van der Waals surface area contributed by atoms with Crippen LogP contribution >= 0.6 is 11.6 Å². The highest BCUT2D eigenvalue weighted by atomic mass is 35.5. The summed E-state index contributed by atoms with van der Waals surface area (Å²) in [6.07, 6.45) is 1.30. The van der Waals surface area contributed by atoms with Gasteiger partial charge in [0.25, 0.3) is 5.91 Å². The fraction of sp³-hybridized carbons (Fsp3) is 0.385. The van der Waals surface area contributed by atoms with E-state index in [9.17, 15) is 9.59 Å². The van der Waals surface area contributed by atoms with Crippen molar-refractivity contribution >= 4 is 23.4 Å². The normalized spacial score (nSPS) is 18.1. The Labute approximate surface area is 116 Å². The number of benzene rings is 1. The van der Waals surface area contributed by atoms with Crippen LogP contribution in [-0.2, 0) is 20.7 Å². The van der Waals surface area contributed by atoms with Crippen molar-refractivity contribution in [2.75, 3.05) is 6.61 Å². The highest BCUT2D eigenvalue weighted by Gasteiger charge is 2.23. The first kappa shape index (κ1) is 13.8. The van der Waals surface area contributed by atoms with Gasteiger partial charge >= 0.3 is 0 Å². The predicted octanol–water partition coefficient (Wildman–Crippen LogP) is 1.21. The van der Waals surface area contributed by atoms with Gasteiger partial charge in [-0.2, -0.15) is 0 Å². The van der Waals surface area contributed by atoms with Crippen LogP contribution in [0.3, 0.4) is 0 Å². The molecule has 19 heavy (non-hydrogen) atoms. The van der Waals surface area contributed by atoms with Crippen LogP contribution in [0, 0.1) is 0 Å². The van der Waals surface area contributed by atoms with Crippen molar-refractivity contribution in [3.63, 3.8) is 0 Å². The van der Waals surface area contributed by atoms with E-state index in [1.165, 1.54) is 0 Å². The standard InChI is InChI=1S/C13H15ClN2O3/c14-10-5-3-9(4-6-10)8-12(17)15-16-13(18)11-2-1-7-19-11/h3-6,11H,1-2,7-8H2,(H,15,17)(H,16,18)/t11-/m1/s1. The SMILES string of the molecule is O=C(Cc1ccc(Cl)cc1)NNC(=O)[C@H]1CCCO1. The third-order valence-electron chi connectivity index (χ3n) is 2.83. The van der Waals surface area contributed by atoms with E-state index in [1.54, 1.807) is 24.3 Å². The number of amides is 2. The molecule has 0 radical (unpaired) electrons. The first-order valence-electron chi connectivity index (χ1n) is 6.10. The zero-order chi connectivity index (χ0) is 13.7. The molecule has 1 saturated heterocycles. The number of ether oxygens (including phenoxy) is 1. The van der Waals surface area contributed by atoms with E-state index in [4.69, 9.17) is 16.3 Å². The monoisotopic (exact) mass is 282 g/mol. The summed E-state index contributed by atoms with van der Waals surface area (Å²) in [5.41, 5.74) is 5.56. The summed E-state index contributed by atoms with van der Waals surface area (Å²) in [6.45, 7) is 0.594. The average Bonchev–Trinajstić information content (AvgIpc) is 2.93. The predicted molar refractivity (Wildman–Crippen MR) is 70.4 cm³/mol. The molecule has 6 heteroatoms. The lowest BCUT2D eigenvalue weighted by Gasteiger charge is -2.11. The van der Waals surface area contributed by atoms with Crippen molar-refractivity contribution in [1.82, 2.24) is 10.9 Å². The zero-order valence-corrected chi connectivity index (χ0v) is 11.1. The Kier molecular flexibility index (Phi) is 4.76. The van der Waals surface area contributed by atoms with Gasteiger partial charge in [0.05, 0.1) is 6.42 Å². The number of hydrogen-bond acceptors (Lipinski definition) is 3. The van der Waals surface area contributed by atoms with Gasteiger partial charge in [0.2, 0.25) is 5.91 Å². The molecule has 1 aliphatic rings. The largest absolute Gasteiger partial charge is 0.368 e. The molecule has 102 valence electrons. The van der Waals surface area contributed by atoms with Crippen LogP contribution in [0.5, 0.6) is 0 Å². The van der Waals surface area contributed by atoms with Crippen LogP contribution in [0.4, 0.5) is 0 Å². The molecular weight excluding hydrogens is 268 g/mol. The van der Waals surface area contributed by atoms with Crippen LogP contribution in [0.25, 0.3) is 0 Å². The Morgan fingerprint density at radius 3 is 2.63 bits per heavy atom. The van der Waals surface area contributed by atoms with Gasteiger partial charge in [0, 0.05) is 11.6 Å². The van der Waals surface area contributed by atoms with Crippen molar-refractivity contribution in [2.45, 2.75) is 25.4 Å². The van der Waals surface area contributed by atoms with Crippen LogP contribution in [0.1, 0.15) is 18.4 Å². The molecule has 1 aromatic carbocycles. The molecule has 1 aromatic rings. The Bertz CT molecular complexity index is 455. The van der Waals surface area contributed by atoms with E-state index in [2.05, 4.69) is 10.9 Å². The Balaban J connectivity index is 1.75. The molecule has 1 atom stereocenters. The van der Waals surface area contributed by atoms with E-state index in [1.807, 2.05) is 0 Å². The fourth-order valence-electron chi connectivity index (χ4n) is 1.83. The minimum Gasteiger partial charge on any atom is -0.368 e. The molecule has 0 aliphatic carbocycles. The second-order valence-electron chi connectivity index (χ2n) is 4.34. The molecule has 1 heterocycles. The number of rotatable bonds is 3. The molecular formula is C13H15ClN2O3. The summed E-state index contributed by atoms with van der Waals surface area (Å²) >= 11 is 5.75. The van der Waals surface area contributed by atoms with E-state index in [0.717, 1.165) is 12.0 Å². The summed E-state index contributed by atoms with van der Waals surface area (Å²) in [6, 6.07) is 6.97. The average molecular weight is 283 g/mol. The first-order valence-corrected chi connectivity index (χ1v) is 6.47. The molecule has 0 spiro atoms. The van der Waals surface area contributed by atoms with Crippen LogP contribution in [-0.4, -0.2) is 24.5 Å². The molecule has 5 nitrogen and oxygen atoms in total. The summed E-state index contributed by atoms with van der Waals surface area (Å²) in [5, 5.41) is 0.621. The lowest BCUT2D eigenvalue weighted by molar-refractivity contribution is -0.134. The molecule has 1 fully saturated rings. The summed E-state index contributed by atoms with van der Waals surface area (Å²) in [5.74, 6) is -0.587. The maximum absolute atomic E-state index is 11.6. The number of nitrogens with one attached hydrogen (secondary N) is 2. The number of hydrogen-bond donors (Lipinski definition) is 2. The summed E-state index contributed by atoms with van der Waals surface area (Å²) < 4.78 is 5.20. The molecule has 2 amide bonds. The van der Waals surface area contributed by atoms with Gasteiger partial charge in [0.15, 0.2) is 0 Å². The van der Waals surface area contributed by atoms with Crippen LogP contribution < -0.4 is 10.9 Å². The Hall–Kier alpha value is -1.59. The molecule has 1 aliphatic heterocycles. The van der Waals surface area contributed by atoms with Crippen LogP contribution in [0.2, 0.25) is 5.02 Å². The topological polar surface area (TPSA) is 67.4 Å².